The molecular weight excluding hydrogens is 188 g/mol. The van der Waals surface area contributed by atoms with Crippen LogP contribution in [0.1, 0.15) is 32.6 Å². The second-order valence-corrected chi connectivity index (χ2v) is 4.38. The van der Waals surface area contributed by atoms with Gasteiger partial charge in [0.15, 0.2) is 0 Å². The van der Waals surface area contributed by atoms with E-state index in [1.807, 2.05) is 7.05 Å². The number of nitrogens with one attached hydrogen (secondary N) is 1. The Morgan fingerprint density at radius 2 is 2.20 bits per heavy atom. The number of ether oxygens (including phenoxy) is 1. The van der Waals surface area contributed by atoms with Gasteiger partial charge in [-0.25, -0.2) is 0 Å². The summed E-state index contributed by atoms with van der Waals surface area (Å²) in [4.78, 5) is 2.58. The van der Waals surface area contributed by atoms with Gasteiger partial charge in [-0.1, -0.05) is 26.2 Å². The summed E-state index contributed by atoms with van der Waals surface area (Å²) < 4.78 is 5.51. The maximum Gasteiger partial charge on any atom is 0.0634 e. The van der Waals surface area contributed by atoms with Crippen LogP contribution in [0.2, 0.25) is 0 Å². The van der Waals surface area contributed by atoms with E-state index in [2.05, 4.69) is 17.1 Å². The summed E-state index contributed by atoms with van der Waals surface area (Å²) in [5, 5.41) is 3.25. The predicted octanol–water partition coefficient (Wildman–Crippen LogP) is 1.49. The van der Waals surface area contributed by atoms with E-state index in [9.17, 15) is 0 Å². The maximum atomic E-state index is 5.51. The Labute approximate surface area is 94.2 Å². The van der Waals surface area contributed by atoms with Crippen LogP contribution in [0.3, 0.4) is 0 Å². The van der Waals surface area contributed by atoms with Crippen LogP contribution in [0, 0.1) is 0 Å². The molecule has 1 aliphatic heterocycles. The molecule has 0 saturated carbocycles. The molecule has 3 heteroatoms. The largest absolute Gasteiger partial charge is 0.378 e. The van der Waals surface area contributed by atoms with Gasteiger partial charge in [0.1, 0.15) is 0 Å². The molecule has 1 aliphatic rings. The molecule has 0 aromatic rings. The molecule has 0 radical (unpaired) electrons. The van der Waals surface area contributed by atoms with Crippen molar-refractivity contribution in [2.24, 2.45) is 0 Å². The SMILES string of the molecule is CCCCCCN1CCOCC1CNC. The lowest BCUT2D eigenvalue weighted by Crippen LogP contribution is -2.50. The monoisotopic (exact) mass is 214 g/mol. The third kappa shape index (κ3) is 4.96. The predicted molar refractivity (Wildman–Crippen MR) is 64.2 cm³/mol. The van der Waals surface area contributed by atoms with Crippen molar-refractivity contribution in [3.8, 4) is 0 Å². The molecule has 0 amide bonds. The minimum absolute atomic E-state index is 0.588. The van der Waals surface area contributed by atoms with Gasteiger partial charge in [-0.2, -0.15) is 0 Å². The molecule has 0 bridgehead atoms. The Hall–Kier alpha value is -0.120. The molecule has 3 nitrogen and oxygen atoms in total. The van der Waals surface area contributed by atoms with Crippen LogP contribution in [0.5, 0.6) is 0 Å². The molecule has 0 aliphatic carbocycles. The van der Waals surface area contributed by atoms with Gasteiger partial charge in [-0.05, 0) is 20.0 Å². The van der Waals surface area contributed by atoms with Crippen LogP contribution in [0.15, 0.2) is 0 Å². The quantitative estimate of drug-likeness (QED) is 0.650. The molecule has 1 rings (SSSR count). The van der Waals surface area contributed by atoms with Gasteiger partial charge in [0.25, 0.3) is 0 Å². The topological polar surface area (TPSA) is 24.5 Å². The fraction of sp³-hybridized carbons (Fsp3) is 1.00. The normalized spacial score (nSPS) is 23.2. The zero-order valence-electron chi connectivity index (χ0n) is 10.3. The number of rotatable bonds is 7. The summed E-state index contributed by atoms with van der Waals surface area (Å²) in [5.74, 6) is 0. The zero-order chi connectivity index (χ0) is 10.9. The van der Waals surface area contributed by atoms with Crippen LogP contribution in [-0.4, -0.2) is 50.8 Å². The van der Waals surface area contributed by atoms with Crippen LogP contribution < -0.4 is 5.32 Å². The molecule has 1 heterocycles. The lowest BCUT2D eigenvalue weighted by Gasteiger charge is -2.35. The van der Waals surface area contributed by atoms with Crippen molar-refractivity contribution >= 4 is 0 Å². The molecule has 0 aromatic heterocycles. The summed E-state index contributed by atoms with van der Waals surface area (Å²) in [6, 6.07) is 0.588. The van der Waals surface area contributed by atoms with E-state index in [0.717, 1.165) is 26.3 Å². The van der Waals surface area contributed by atoms with Crippen LogP contribution in [-0.2, 0) is 4.74 Å². The summed E-state index contributed by atoms with van der Waals surface area (Å²) >= 11 is 0. The van der Waals surface area contributed by atoms with Gasteiger partial charge in [0.05, 0.1) is 13.2 Å². The van der Waals surface area contributed by atoms with E-state index >= 15 is 0 Å². The molecule has 1 N–H and O–H groups in total. The third-order valence-corrected chi connectivity index (χ3v) is 3.09. The first kappa shape index (κ1) is 12.9. The van der Waals surface area contributed by atoms with Gasteiger partial charge < -0.3 is 10.1 Å². The third-order valence-electron chi connectivity index (χ3n) is 3.09. The molecular formula is C12H26N2O. The molecule has 90 valence electrons. The Bertz CT molecular complexity index is 151. The lowest BCUT2D eigenvalue weighted by atomic mass is 10.1. The molecule has 15 heavy (non-hydrogen) atoms. The zero-order valence-corrected chi connectivity index (χ0v) is 10.3. The van der Waals surface area contributed by atoms with Crippen molar-refractivity contribution in [3.63, 3.8) is 0 Å². The first-order chi connectivity index (χ1) is 7.38. The van der Waals surface area contributed by atoms with Crippen LogP contribution >= 0.6 is 0 Å². The highest BCUT2D eigenvalue weighted by Gasteiger charge is 2.21. The molecule has 0 spiro atoms. The van der Waals surface area contributed by atoms with Gasteiger partial charge >= 0.3 is 0 Å². The van der Waals surface area contributed by atoms with Crippen LogP contribution in [0.25, 0.3) is 0 Å². The number of nitrogens with zero attached hydrogens (tertiary/aromatic N) is 1. The highest BCUT2D eigenvalue weighted by Crippen LogP contribution is 2.09. The fourth-order valence-corrected chi connectivity index (χ4v) is 2.15. The number of morpholine rings is 1. The van der Waals surface area contributed by atoms with Gasteiger partial charge in [0, 0.05) is 19.1 Å². The van der Waals surface area contributed by atoms with Crippen molar-refractivity contribution < 1.29 is 4.74 Å². The van der Waals surface area contributed by atoms with E-state index in [4.69, 9.17) is 4.74 Å². The highest BCUT2D eigenvalue weighted by molar-refractivity contribution is 4.76. The molecule has 0 aromatic carbocycles. The minimum Gasteiger partial charge on any atom is -0.378 e. The second-order valence-electron chi connectivity index (χ2n) is 4.38. The molecule has 1 unspecified atom stereocenters. The second kappa shape index (κ2) is 8.08. The minimum atomic E-state index is 0.588. The van der Waals surface area contributed by atoms with Gasteiger partial charge in [-0.15, -0.1) is 0 Å². The summed E-state index contributed by atoms with van der Waals surface area (Å²) in [6.45, 7) is 7.48. The number of hydrogen-bond acceptors (Lipinski definition) is 3. The number of likely N-dealkylation sites (N-methyl/N-ethyl adjacent to an activating group) is 1. The standard InChI is InChI=1S/C12H26N2O/c1-3-4-5-6-7-14-8-9-15-11-12(14)10-13-2/h12-13H,3-11H2,1-2H3. The summed E-state index contributed by atoms with van der Waals surface area (Å²) in [7, 11) is 2.02. The van der Waals surface area contributed by atoms with E-state index < -0.39 is 0 Å². The van der Waals surface area contributed by atoms with E-state index in [1.165, 1.54) is 32.2 Å². The fourth-order valence-electron chi connectivity index (χ4n) is 2.15. The molecule has 1 saturated heterocycles. The van der Waals surface area contributed by atoms with Crippen molar-refractivity contribution in [3.05, 3.63) is 0 Å². The maximum absolute atomic E-state index is 5.51. The lowest BCUT2D eigenvalue weighted by molar-refractivity contribution is -0.00680. The highest BCUT2D eigenvalue weighted by atomic mass is 16.5. The Morgan fingerprint density at radius 3 is 2.93 bits per heavy atom. The molecule has 1 atom stereocenters. The first-order valence-electron chi connectivity index (χ1n) is 6.35. The Balaban J connectivity index is 2.17. The smallest absolute Gasteiger partial charge is 0.0634 e. The Morgan fingerprint density at radius 1 is 1.33 bits per heavy atom. The average Bonchev–Trinajstić information content (AvgIpc) is 2.27. The van der Waals surface area contributed by atoms with E-state index in [1.54, 1.807) is 0 Å². The van der Waals surface area contributed by atoms with Crippen LogP contribution in [0.4, 0.5) is 0 Å². The van der Waals surface area contributed by atoms with Gasteiger partial charge in [0.2, 0.25) is 0 Å². The first-order valence-corrected chi connectivity index (χ1v) is 6.35. The van der Waals surface area contributed by atoms with Gasteiger partial charge in [-0.3, -0.25) is 4.90 Å². The number of unbranched alkanes of at least 4 members (excludes halogenated alkanes) is 3. The molecule has 1 fully saturated rings. The van der Waals surface area contributed by atoms with E-state index in [0.29, 0.717) is 6.04 Å². The van der Waals surface area contributed by atoms with Crippen molar-refractivity contribution in [2.45, 2.75) is 38.6 Å². The average molecular weight is 214 g/mol. The number of hydrogen-bond donors (Lipinski definition) is 1. The van der Waals surface area contributed by atoms with Crippen molar-refractivity contribution in [1.29, 1.82) is 0 Å². The summed E-state index contributed by atoms with van der Waals surface area (Å²) in [5.41, 5.74) is 0. The summed E-state index contributed by atoms with van der Waals surface area (Å²) in [6.07, 6.45) is 5.41. The van der Waals surface area contributed by atoms with Crippen molar-refractivity contribution in [1.82, 2.24) is 10.2 Å². The van der Waals surface area contributed by atoms with Crippen molar-refractivity contribution in [2.75, 3.05) is 39.9 Å². The van der Waals surface area contributed by atoms with E-state index in [-0.39, 0.29) is 0 Å². The Kier molecular flexibility index (Phi) is 6.98.